The first-order valence-electron chi connectivity index (χ1n) is 12.7. The number of aromatic nitrogens is 4. The van der Waals surface area contributed by atoms with E-state index in [9.17, 15) is 27.9 Å². The van der Waals surface area contributed by atoms with Crippen molar-refractivity contribution in [3.8, 4) is 17.1 Å². The third kappa shape index (κ3) is 6.54. The predicted octanol–water partition coefficient (Wildman–Crippen LogP) is 4.53. The number of carbonyl (C=O) groups excluding carboxylic acids is 1. The zero-order valence-corrected chi connectivity index (χ0v) is 21.4. The molecule has 2 aliphatic rings. The van der Waals surface area contributed by atoms with Gasteiger partial charge in [-0.1, -0.05) is 18.1 Å². The van der Waals surface area contributed by atoms with E-state index in [0.29, 0.717) is 43.8 Å². The van der Waals surface area contributed by atoms with Gasteiger partial charge < -0.3 is 19.5 Å². The first-order chi connectivity index (χ1) is 18.0. The van der Waals surface area contributed by atoms with E-state index in [1.807, 2.05) is 0 Å². The molecule has 2 aromatic heterocycles. The van der Waals surface area contributed by atoms with Crippen molar-refractivity contribution in [1.82, 2.24) is 24.9 Å². The van der Waals surface area contributed by atoms with Gasteiger partial charge in [-0.2, -0.15) is 13.2 Å². The zero-order chi connectivity index (χ0) is 27.4. The first kappa shape index (κ1) is 27.6. The number of halogens is 3. The molecule has 4 rings (SSSR count). The molecule has 0 aliphatic heterocycles. The number of pyridine rings is 1. The van der Waals surface area contributed by atoms with Crippen LogP contribution >= 0.6 is 0 Å². The standard InChI is InChI=1S/C25H32F3N5O5/c1-32(12-15-5-3-6-15)24(36)38-14-19-21(30-31-33(19)2)18-9-10-20(22(29-18)25(26,27)28)37-13-16-7-4-8-17(11-16)23(34)35/h9-10,15-17H,3-8,11-14H2,1-2H3,(H,34,35)/t16?,17-/m0/s1. The fraction of sp³-hybridized carbons (Fsp3) is 0.640. The van der Waals surface area contributed by atoms with E-state index in [2.05, 4.69) is 15.3 Å². The van der Waals surface area contributed by atoms with Gasteiger partial charge in [0, 0.05) is 20.6 Å². The molecule has 2 heterocycles. The second-order valence-electron chi connectivity index (χ2n) is 10.2. The lowest BCUT2D eigenvalue weighted by Gasteiger charge is -2.29. The number of hydrogen-bond donors (Lipinski definition) is 1. The van der Waals surface area contributed by atoms with Crippen molar-refractivity contribution in [2.45, 2.75) is 57.7 Å². The maximum atomic E-state index is 13.9. The Balaban J connectivity index is 1.47. The summed E-state index contributed by atoms with van der Waals surface area (Å²) in [4.78, 5) is 29.0. The van der Waals surface area contributed by atoms with Crippen LogP contribution in [0.3, 0.4) is 0 Å². The topological polar surface area (TPSA) is 120 Å². The highest BCUT2D eigenvalue weighted by Crippen LogP contribution is 2.38. The highest BCUT2D eigenvalue weighted by atomic mass is 19.4. The Morgan fingerprint density at radius 2 is 1.87 bits per heavy atom. The van der Waals surface area contributed by atoms with Crippen LogP contribution < -0.4 is 4.74 Å². The van der Waals surface area contributed by atoms with E-state index in [0.717, 1.165) is 19.3 Å². The van der Waals surface area contributed by atoms with Gasteiger partial charge in [0.1, 0.15) is 23.7 Å². The summed E-state index contributed by atoms with van der Waals surface area (Å²) in [5, 5.41) is 17.1. The van der Waals surface area contributed by atoms with Crippen molar-refractivity contribution in [1.29, 1.82) is 0 Å². The number of alkyl halides is 3. The van der Waals surface area contributed by atoms with Crippen LogP contribution in [0.5, 0.6) is 5.75 Å². The summed E-state index contributed by atoms with van der Waals surface area (Å²) in [6.07, 6.45) is 0.250. The molecule has 0 radical (unpaired) electrons. The van der Waals surface area contributed by atoms with Crippen LogP contribution in [0.25, 0.3) is 11.4 Å². The van der Waals surface area contributed by atoms with Gasteiger partial charge in [-0.25, -0.2) is 14.5 Å². The molecule has 2 aromatic rings. The maximum Gasteiger partial charge on any atom is 0.437 e. The Morgan fingerprint density at radius 3 is 2.53 bits per heavy atom. The smallest absolute Gasteiger partial charge is 0.437 e. The lowest BCUT2D eigenvalue weighted by Crippen LogP contribution is -2.34. The zero-order valence-electron chi connectivity index (χ0n) is 21.4. The van der Waals surface area contributed by atoms with Crippen LogP contribution in [0.4, 0.5) is 18.0 Å². The fourth-order valence-electron chi connectivity index (χ4n) is 4.89. The molecule has 0 bridgehead atoms. The Kier molecular flexibility index (Phi) is 8.41. The van der Waals surface area contributed by atoms with Gasteiger partial charge in [0.2, 0.25) is 0 Å². The summed E-state index contributed by atoms with van der Waals surface area (Å²) in [6.45, 7) is 0.320. The molecule has 0 saturated heterocycles. The van der Waals surface area contributed by atoms with Gasteiger partial charge in [0.25, 0.3) is 0 Å². The average Bonchev–Trinajstić information content (AvgIpc) is 3.22. The third-order valence-electron chi connectivity index (χ3n) is 7.32. The number of hydrogen-bond acceptors (Lipinski definition) is 7. The normalized spacial score (nSPS) is 20.0. The number of ether oxygens (including phenoxy) is 2. The molecule has 10 nitrogen and oxygen atoms in total. The summed E-state index contributed by atoms with van der Waals surface area (Å²) in [6, 6.07) is 2.53. The number of aliphatic carboxylic acids is 1. The SMILES string of the molecule is CN(CC1CCC1)C(=O)OCc1c(-c2ccc(OCC3CCC[C@H](C(=O)O)C3)c(C(F)(F)F)n2)nnn1C. The Hall–Kier alpha value is -3.38. The number of amides is 1. The quantitative estimate of drug-likeness (QED) is 0.494. The minimum absolute atomic E-state index is 0.0331. The number of carboxylic acids is 1. The summed E-state index contributed by atoms with van der Waals surface area (Å²) in [5.41, 5.74) is -0.938. The molecule has 38 heavy (non-hydrogen) atoms. The minimum atomic E-state index is -4.80. The van der Waals surface area contributed by atoms with Gasteiger partial charge in [0.15, 0.2) is 5.69 Å². The molecule has 1 amide bonds. The van der Waals surface area contributed by atoms with Crippen LogP contribution in [0.15, 0.2) is 12.1 Å². The van der Waals surface area contributed by atoms with Crippen molar-refractivity contribution in [2.24, 2.45) is 24.8 Å². The number of aryl methyl sites for hydroxylation is 1. The Bertz CT molecular complexity index is 1150. The van der Waals surface area contributed by atoms with E-state index in [-0.39, 0.29) is 30.5 Å². The van der Waals surface area contributed by atoms with Crippen molar-refractivity contribution in [3.63, 3.8) is 0 Å². The van der Waals surface area contributed by atoms with E-state index in [4.69, 9.17) is 9.47 Å². The van der Waals surface area contributed by atoms with Crippen LogP contribution in [0, 0.1) is 17.8 Å². The highest BCUT2D eigenvalue weighted by Gasteiger charge is 2.38. The van der Waals surface area contributed by atoms with Gasteiger partial charge in [0.05, 0.1) is 18.2 Å². The number of carbonyl (C=O) groups is 2. The molecule has 2 fully saturated rings. The predicted molar refractivity (Wildman–Crippen MR) is 128 cm³/mol. The molecule has 0 spiro atoms. The minimum Gasteiger partial charge on any atom is -0.491 e. The maximum absolute atomic E-state index is 13.9. The molecule has 208 valence electrons. The summed E-state index contributed by atoms with van der Waals surface area (Å²) in [5.74, 6) is -1.54. The second-order valence-corrected chi connectivity index (χ2v) is 10.2. The average molecular weight is 540 g/mol. The van der Waals surface area contributed by atoms with Gasteiger partial charge >= 0.3 is 18.2 Å². The fourth-order valence-corrected chi connectivity index (χ4v) is 4.89. The molecule has 2 aliphatic carbocycles. The summed E-state index contributed by atoms with van der Waals surface area (Å²) >= 11 is 0. The number of rotatable bonds is 9. The lowest BCUT2D eigenvalue weighted by molar-refractivity contribution is -0.143. The number of carboxylic acid groups (broad SMARTS) is 1. The van der Waals surface area contributed by atoms with Crippen molar-refractivity contribution in [2.75, 3.05) is 20.2 Å². The molecule has 1 N–H and O–H groups in total. The lowest BCUT2D eigenvalue weighted by atomic mass is 9.82. The van der Waals surface area contributed by atoms with Crippen LogP contribution in [0.1, 0.15) is 56.3 Å². The van der Waals surface area contributed by atoms with Crippen LogP contribution in [-0.2, 0) is 29.4 Å². The van der Waals surface area contributed by atoms with E-state index < -0.39 is 35.6 Å². The number of nitrogens with zero attached hydrogens (tertiary/aromatic N) is 5. The molecule has 1 unspecified atom stereocenters. The molecule has 2 atom stereocenters. The molecule has 13 heteroatoms. The summed E-state index contributed by atoms with van der Waals surface area (Å²) < 4.78 is 54.0. The molecule has 0 aromatic carbocycles. The third-order valence-corrected chi connectivity index (χ3v) is 7.32. The van der Waals surface area contributed by atoms with E-state index >= 15 is 0 Å². The van der Waals surface area contributed by atoms with Crippen molar-refractivity contribution < 1.29 is 37.3 Å². The Labute approximate surface area is 218 Å². The molecular formula is C25H32F3N5O5. The van der Waals surface area contributed by atoms with E-state index in [1.54, 1.807) is 14.1 Å². The van der Waals surface area contributed by atoms with E-state index in [1.165, 1.54) is 21.7 Å². The van der Waals surface area contributed by atoms with Crippen LogP contribution in [0.2, 0.25) is 0 Å². The Morgan fingerprint density at radius 1 is 1.16 bits per heavy atom. The van der Waals surface area contributed by atoms with Crippen molar-refractivity contribution in [3.05, 3.63) is 23.5 Å². The van der Waals surface area contributed by atoms with Gasteiger partial charge in [-0.3, -0.25) is 4.79 Å². The monoisotopic (exact) mass is 539 g/mol. The molecular weight excluding hydrogens is 507 g/mol. The summed E-state index contributed by atoms with van der Waals surface area (Å²) in [7, 11) is 3.20. The van der Waals surface area contributed by atoms with Crippen LogP contribution in [-0.4, -0.2) is 62.2 Å². The van der Waals surface area contributed by atoms with Gasteiger partial charge in [-0.05, 0) is 56.1 Å². The highest BCUT2D eigenvalue weighted by molar-refractivity contribution is 5.70. The first-order valence-corrected chi connectivity index (χ1v) is 12.7. The van der Waals surface area contributed by atoms with Gasteiger partial charge in [-0.15, -0.1) is 5.10 Å². The molecule has 2 saturated carbocycles. The largest absolute Gasteiger partial charge is 0.491 e. The second kappa shape index (κ2) is 11.6. The van der Waals surface area contributed by atoms with Crippen molar-refractivity contribution >= 4 is 12.1 Å².